The fraction of sp³-hybridized carbons (Fsp3) is 0.667. The third-order valence-corrected chi connectivity index (χ3v) is 4.54. The third-order valence-electron chi connectivity index (χ3n) is 4.54. The largest absolute Gasteiger partial charge is 0.380 e. The van der Waals surface area contributed by atoms with Crippen LogP contribution in [0.25, 0.3) is 0 Å². The maximum absolute atomic E-state index is 5.49. The highest BCUT2D eigenvalue weighted by molar-refractivity contribution is 5.40. The van der Waals surface area contributed by atoms with E-state index in [-0.39, 0.29) is 0 Å². The molecular formula is C18H30N2O. The van der Waals surface area contributed by atoms with Crippen molar-refractivity contribution in [2.45, 2.75) is 46.3 Å². The summed E-state index contributed by atoms with van der Waals surface area (Å²) in [6.45, 7) is 13.1. The molecule has 2 atom stereocenters. The van der Waals surface area contributed by atoms with Crippen LogP contribution in [0.3, 0.4) is 0 Å². The van der Waals surface area contributed by atoms with Gasteiger partial charge < -0.3 is 10.1 Å². The Hall–Kier alpha value is -0.900. The molecule has 1 fully saturated rings. The van der Waals surface area contributed by atoms with Crippen molar-refractivity contribution in [1.29, 1.82) is 0 Å². The lowest BCUT2D eigenvalue weighted by atomic mass is 9.93. The lowest BCUT2D eigenvalue weighted by Crippen LogP contribution is -2.35. The van der Waals surface area contributed by atoms with Gasteiger partial charge in [-0.15, -0.1) is 0 Å². The minimum absolute atomic E-state index is 0.409. The van der Waals surface area contributed by atoms with E-state index >= 15 is 0 Å². The number of nitrogens with zero attached hydrogens (tertiary/aromatic N) is 1. The number of likely N-dealkylation sites (N-methyl/N-ethyl adjacent to an activating group) is 1. The van der Waals surface area contributed by atoms with Crippen LogP contribution in [0.15, 0.2) is 12.1 Å². The van der Waals surface area contributed by atoms with E-state index in [1.807, 2.05) is 7.11 Å². The van der Waals surface area contributed by atoms with Crippen molar-refractivity contribution in [3.05, 3.63) is 34.4 Å². The van der Waals surface area contributed by atoms with Crippen LogP contribution in [0.4, 0.5) is 0 Å². The highest BCUT2D eigenvalue weighted by Gasteiger charge is 2.26. The molecule has 3 nitrogen and oxygen atoms in total. The molecule has 2 unspecified atom stereocenters. The molecule has 0 aromatic heterocycles. The molecule has 1 aliphatic rings. The van der Waals surface area contributed by atoms with Crippen molar-refractivity contribution < 1.29 is 4.74 Å². The van der Waals surface area contributed by atoms with Gasteiger partial charge >= 0.3 is 0 Å². The molecule has 118 valence electrons. The summed E-state index contributed by atoms with van der Waals surface area (Å²) in [5.41, 5.74) is 5.63. The number of aryl methyl sites for hydroxylation is 3. The van der Waals surface area contributed by atoms with Gasteiger partial charge in [0.05, 0.1) is 6.10 Å². The van der Waals surface area contributed by atoms with E-state index in [1.54, 1.807) is 0 Å². The summed E-state index contributed by atoms with van der Waals surface area (Å²) in [5, 5.41) is 3.68. The summed E-state index contributed by atoms with van der Waals surface area (Å²) in [5.74, 6) is 0. The van der Waals surface area contributed by atoms with Gasteiger partial charge in [0.1, 0.15) is 0 Å². The first-order valence-corrected chi connectivity index (χ1v) is 8.11. The second-order valence-corrected chi connectivity index (χ2v) is 6.33. The summed E-state index contributed by atoms with van der Waals surface area (Å²) in [4.78, 5) is 2.53. The van der Waals surface area contributed by atoms with E-state index < -0.39 is 0 Å². The summed E-state index contributed by atoms with van der Waals surface area (Å²) >= 11 is 0. The van der Waals surface area contributed by atoms with Crippen molar-refractivity contribution in [2.75, 3.05) is 33.3 Å². The summed E-state index contributed by atoms with van der Waals surface area (Å²) in [6, 6.07) is 5.01. The first kappa shape index (κ1) is 16.5. The zero-order valence-corrected chi connectivity index (χ0v) is 14.2. The number of hydrogen-bond acceptors (Lipinski definition) is 3. The molecule has 0 saturated carbocycles. The zero-order chi connectivity index (χ0) is 15.4. The van der Waals surface area contributed by atoms with Crippen molar-refractivity contribution in [2.24, 2.45) is 0 Å². The van der Waals surface area contributed by atoms with E-state index in [9.17, 15) is 0 Å². The lowest BCUT2D eigenvalue weighted by Gasteiger charge is -2.27. The molecule has 1 aromatic carbocycles. The number of hydrogen-bond donors (Lipinski definition) is 1. The Morgan fingerprint density at radius 2 is 1.95 bits per heavy atom. The highest BCUT2D eigenvalue weighted by atomic mass is 16.5. The van der Waals surface area contributed by atoms with Crippen molar-refractivity contribution in [3.63, 3.8) is 0 Å². The molecule has 0 spiro atoms. The van der Waals surface area contributed by atoms with Crippen molar-refractivity contribution in [3.8, 4) is 0 Å². The lowest BCUT2D eigenvalue weighted by molar-refractivity contribution is 0.106. The van der Waals surface area contributed by atoms with Gasteiger partial charge in [0.25, 0.3) is 0 Å². The Balaban J connectivity index is 2.16. The summed E-state index contributed by atoms with van der Waals surface area (Å²) in [6.07, 6.45) is 1.56. The van der Waals surface area contributed by atoms with Gasteiger partial charge in [-0.05, 0) is 50.4 Å². The molecule has 1 heterocycles. The van der Waals surface area contributed by atoms with Gasteiger partial charge in [0.15, 0.2) is 0 Å². The van der Waals surface area contributed by atoms with Crippen LogP contribution >= 0.6 is 0 Å². The Kier molecular flexibility index (Phi) is 5.80. The van der Waals surface area contributed by atoms with Crippen LogP contribution in [0, 0.1) is 20.8 Å². The van der Waals surface area contributed by atoms with Crippen LogP contribution in [0.2, 0.25) is 0 Å². The molecule has 3 heteroatoms. The standard InChI is InChI=1S/C18H30N2O/c1-6-19-17(12-20-8-7-16(11-20)21-5)18-14(3)9-13(2)10-15(18)4/h9-10,16-17,19H,6-8,11-12H2,1-5H3. The molecule has 1 aromatic rings. The average Bonchev–Trinajstić information content (AvgIpc) is 2.85. The number of nitrogens with one attached hydrogen (secondary N) is 1. The minimum atomic E-state index is 0.409. The van der Waals surface area contributed by atoms with Gasteiger partial charge in [-0.2, -0.15) is 0 Å². The fourth-order valence-electron chi connectivity index (χ4n) is 3.66. The van der Waals surface area contributed by atoms with Crippen molar-refractivity contribution in [1.82, 2.24) is 10.2 Å². The summed E-state index contributed by atoms with van der Waals surface area (Å²) < 4.78 is 5.49. The number of rotatable bonds is 6. The molecule has 2 rings (SSSR count). The van der Waals surface area contributed by atoms with E-state index in [1.165, 1.54) is 22.3 Å². The maximum atomic E-state index is 5.49. The number of likely N-dealkylation sites (tertiary alicyclic amines) is 1. The first-order valence-electron chi connectivity index (χ1n) is 8.11. The van der Waals surface area contributed by atoms with E-state index in [2.05, 4.69) is 50.0 Å². The van der Waals surface area contributed by atoms with Gasteiger partial charge in [-0.25, -0.2) is 0 Å². The highest BCUT2D eigenvalue weighted by Crippen LogP contribution is 2.26. The predicted octanol–water partition coefficient (Wildman–Crippen LogP) is 2.98. The Labute approximate surface area is 129 Å². The second-order valence-electron chi connectivity index (χ2n) is 6.33. The fourth-order valence-corrected chi connectivity index (χ4v) is 3.66. The third kappa shape index (κ3) is 4.06. The predicted molar refractivity (Wildman–Crippen MR) is 88.9 cm³/mol. The monoisotopic (exact) mass is 290 g/mol. The molecule has 1 saturated heterocycles. The van der Waals surface area contributed by atoms with Gasteiger partial charge in [-0.3, -0.25) is 4.90 Å². The van der Waals surface area contributed by atoms with Crippen LogP contribution in [0.1, 0.15) is 41.6 Å². The summed E-state index contributed by atoms with van der Waals surface area (Å²) in [7, 11) is 1.82. The van der Waals surface area contributed by atoms with E-state index in [0.29, 0.717) is 12.1 Å². The Morgan fingerprint density at radius 1 is 1.29 bits per heavy atom. The minimum Gasteiger partial charge on any atom is -0.380 e. The molecular weight excluding hydrogens is 260 g/mol. The second kappa shape index (κ2) is 7.39. The van der Waals surface area contributed by atoms with Crippen LogP contribution in [-0.4, -0.2) is 44.3 Å². The number of benzene rings is 1. The van der Waals surface area contributed by atoms with Crippen LogP contribution < -0.4 is 5.32 Å². The first-order chi connectivity index (χ1) is 10.0. The van der Waals surface area contributed by atoms with E-state index in [0.717, 1.165) is 32.6 Å². The Morgan fingerprint density at radius 3 is 2.48 bits per heavy atom. The number of ether oxygens (including phenoxy) is 1. The average molecular weight is 290 g/mol. The molecule has 1 N–H and O–H groups in total. The molecule has 0 amide bonds. The van der Waals surface area contributed by atoms with Gasteiger partial charge in [0, 0.05) is 32.8 Å². The SMILES string of the molecule is CCNC(CN1CCC(OC)C1)c1c(C)cc(C)cc1C. The quantitative estimate of drug-likeness (QED) is 0.871. The number of methoxy groups -OCH3 is 1. The van der Waals surface area contributed by atoms with Gasteiger partial charge in [0.2, 0.25) is 0 Å². The van der Waals surface area contributed by atoms with Crippen molar-refractivity contribution >= 4 is 0 Å². The molecule has 0 bridgehead atoms. The molecule has 0 aliphatic carbocycles. The Bertz CT molecular complexity index is 449. The van der Waals surface area contributed by atoms with Crippen LogP contribution in [0.5, 0.6) is 0 Å². The smallest absolute Gasteiger partial charge is 0.0710 e. The normalized spacial score (nSPS) is 20.9. The van der Waals surface area contributed by atoms with Gasteiger partial charge in [-0.1, -0.05) is 24.6 Å². The molecule has 0 radical (unpaired) electrons. The molecule has 1 aliphatic heterocycles. The van der Waals surface area contributed by atoms with Crippen LogP contribution in [-0.2, 0) is 4.74 Å². The van der Waals surface area contributed by atoms with E-state index in [4.69, 9.17) is 4.74 Å². The molecule has 21 heavy (non-hydrogen) atoms. The maximum Gasteiger partial charge on any atom is 0.0710 e. The topological polar surface area (TPSA) is 24.5 Å². The zero-order valence-electron chi connectivity index (χ0n) is 14.2.